The molecular formula is C16H16FNOS. The summed E-state index contributed by atoms with van der Waals surface area (Å²) >= 11 is 1.62. The monoisotopic (exact) mass is 289 g/mol. The molecule has 0 aliphatic carbocycles. The average Bonchev–Trinajstić information content (AvgIpc) is 2.86. The van der Waals surface area contributed by atoms with Gasteiger partial charge < -0.3 is 5.11 Å². The Kier molecular flexibility index (Phi) is 5.31. The molecule has 0 aliphatic heterocycles. The van der Waals surface area contributed by atoms with Crippen LogP contribution in [-0.2, 0) is 13.1 Å². The lowest BCUT2D eigenvalue weighted by atomic mass is 10.2. The summed E-state index contributed by atoms with van der Waals surface area (Å²) in [6.07, 6.45) is 0. The van der Waals surface area contributed by atoms with Gasteiger partial charge in [0.1, 0.15) is 12.4 Å². The molecular weight excluding hydrogens is 273 g/mol. The van der Waals surface area contributed by atoms with Crippen LogP contribution in [0.4, 0.5) is 4.39 Å². The van der Waals surface area contributed by atoms with E-state index in [4.69, 9.17) is 5.11 Å². The van der Waals surface area contributed by atoms with Crippen molar-refractivity contribution in [2.75, 3.05) is 13.7 Å². The molecule has 2 rings (SSSR count). The summed E-state index contributed by atoms with van der Waals surface area (Å²) in [7, 11) is 1.96. The lowest BCUT2D eigenvalue weighted by Crippen LogP contribution is -2.17. The largest absolute Gasteiger partial charge is 0.384 e. The van der Waals surface area contributed by atoms with Crippen molar-refractivity contribution in [1.29, 1.82) is 0 Å². The van der Waals surface area contributed by atoms with E-state index < -0.39 is 0 Å². The molecule has 2 nitrogen and oxygen atoms in total. The quantitative estimate of drug-likeness (QED) is 0.875. The van der Waals surface area contributed by atoms with Crippen LogP contribution in [0.2, 0.25) is 0 Å². The first-order valence-corrected chi connectivity index (χ1v) is 7.16. The zero-order valence-corrected chi connectivity index (χ0v) is 12.1. The van der Waals surface area contributed by atoms with Crippen LogP contribution in [0.3, 0.4) is 0 Å². The fourth-order valence-corrected chi connectivity index (χ4v) is 2.81. The molecule has 4 heteroatoms. The zero-order valence-electron chi connectivity index (χ0n) is 11.3. The highest BCUT2D eigenvalue weighted by Crippen LogP contribution is 2.17. The molecule has 0 atom stereocenters. The lowest BCUT2D eigenvalue weighted by molar-refractivity contribution is 0.316. The smallest absolute Gasteiger partial charge is 0.127 e. The Hall–Kier alpha value is -1.67. The summed E-state index contributed by atoms with van der Waals surface area (Å²) in [5.74, 6) is 5.34. The molecule has 1 aromatic carbocycles. The highest BCUT2D eigenvalue weighted by molar-refractivity contribution is 7.10. The van der Waals surface area contributed by atoms with Gasteiger partial charge in [0.05, 0.1) is 0 Å². The van der Waals surface area contributed by atoms with Crippen LogP contribution < -0.4 is 0 Å². The first kappa shape index (κ1) is 14.7. The number of rotatable bonds is 4. The summed E-state index contributed by atoms with van der Waals surface area (Å²) in [6.45, 7) is 1.19. The Labute approximate surface area is 122 Å². The van der Waals surface area contributed by atoms with E-state index in [1.165, 1.54) is 10.9 Å². The van der Waals surface area contributed by atoms with E-state index in [1.54, 1.807) is 23.5 Å². The molecule has 1 aromatic heterocycles. The second-order valence-corrected chi connectivity index (χ2v) is 5.52. The highest BCUT2D eigenvalue weighted by atomic mass is 32.1. The average molecular weight is 289 g/mol. The molecule has 1 heterocycles. The van der Waals surface area contributed by atoms with Crippen LogP contribution in [0.1, 0.15) is 16.0 Å². The third-order valence-electron chi connectivity index (χ3n) is 2.79. The van der Waals surface area contributed by atoms with Crippen LogP contribution in [0.15, 0.2) is 35.7 Å². The van der Waals surface area contributed by atoms with Gasteiger partial charge in [-0.1, -0.05) is 30.0 Å². The van der Waals surface area contributed by atoms with Gasteiger partial charge in [-0.05, 0) is 19.2 Å². The van der Waals surface area contributed by atoms with Gasteiger partial charge in [0.2, 0.25) is 0 Å². The minimum atomic E-state index is -0.167. The maximum Gasteiger partial charge on any atom is 0.127 e. The lowest BCUT2D eigenvalue weighted by Gasteiger charge is -2.15. The Morgan fingerprint density at radius 1 is 1.30 bits per heavy atom. The molecule has 0 amide bonds. The van der Waals surface area contributed by atoms with E-state index in [-0.39, 0.29) is 12.4 Å². The van der Waals surface area contributed by atoms with E-state index >= 15 is 0 Å². The van der Waals surface area contributed by atoms with Gasteiger partial charge in [0, 0.05) is 34.5 Å². The number of halogens is 1. The minimum Gasteiger partial charge on any atom is -0.384 e. The van der Waals surface area contributed by atoms with Gasteiger partial charge in [-0.2, -0.15) is 0 Å². The van der Waals surface area contributed by atoms with Crippen LogP contribution in [0.25, 0.3) is 0 Å². The van der Waals surface area contributed by atoms with Crippen LogP contribution >= 0.6 is 11.3 Å². The van der Waals surface area contributed by atoms with Crippen LogP contribution in [0.5, 0.6) is 0 Å². The molecule has 0 fully saturated rings. The Morgan fingerprint density at radius 3 is 2.85 bits per heavy atom. The summed E-state index contributed by atoms with van der Waals surface area (Å²) in [4.78, 5) is 3.24. The Balaban J connectivity index is 1.96. The van der Waals surface area contributed by atoms with Crippen molar-refractivity contribution in [2.24, 2.45) is 0 Å². The molecule has 1 N–H and O–H groups in total. The maximum absolute atomic E-state index is 13.6. The van der Waals surface area contributed by atoms with Crippen molar-refractivity contribution in [3.8, 4) is 11.8 Å². The van der Waals surface area contributed by atoms with Crippen molar-refractivity contribution in [3.63, 3.8) is 0 Å². The van der Waals surface area contributed by atoms with Crippen molar-refractivity contribution in [2.45, 2.75) is 13.1 Å². The van der Waals surface area contributed by atoms with E-state index in [1.807, 2.05) is 24.6 Å². The molecule has 20 heavy (non-hydrogen) atoms. The first-order chi connectivity index (χ1) is 9.69. The van der Waals surface area contributed by atoms with Gasteiger partial charge in [0.15, 0.2) is 0 Å². The van der Waals surface area contributed by atoms with Gasteiger partial charge >= 0.3 is 0 Å². The number of benzene rings is 1. The van der Waals surface area contributed by atoms with Gasteiger partial charge in [0.25, 0.3) is 0 Å². The minimum absolute atomic E-state index is 0.127. The Bertz CT molecular complexity index is 627. The van der Waals surface area contributed by atoms with Gasteiger partial charge in [-0.25, -0.2) is 4.39 Å². The topological polar surface area (TPSA) is 23.5 Å². The standard InChI is InChI=1S/C16H16FNOS/c1-18(10-14-6-2-3-7-16(14)17)11-15-9-13(12-20-15)5-4-8-19/h2-3,6-7,9,12,19H,8,10-11H2,1H3. The molecule has 0 radical (unpaired) electrons. The summed E-state index contributed by atoms with van der Waals surface area (Å²) in [5, 5.41) is 10.6. The fourth-order valence-electron chi connectivity index (χ4n) is 1.91. The molecule has 0 spiro atoms. The van der Waals surface area contributed by atoms with E-state index in [0.717, 1.165) is 12.1 Å². The predicted molar refractivity (Wildman–Crippen MR) is 79.9 cm³/mol. The number of thiophene rings is 1. The normalized spacial score (nSPS) is 10.4. The third-order valence-corrected chi connectivity index (χ3v) is 3.71. The zero-order chi connectivity index (χ0) is 14.4. The number of aliphatic hydroxyl groups excluding tert-OH is 1. The van der Waals surface area contributed by atoms with E-state index in [9.17, 15) is 4.39 Å². The van der Waals surface area contributed by atoms with Gasteiger partial charge in [-0.3, -0.25) is 4.90 Å². The fraction of sp³-hybridized carbons (Fsp3) is 0.250. The first-order valence-electron chi connectivity index (χ1n) is 6.28. The summed E-state index contributed by atoms with van der Waals surface area (Å²) in [6, 6.07) is 8.84. The third kappa shape index (κ3) is 4.17. The van der Waals surface area contributed by atoms with Crippen molar-refractivity contribution in [1.82, 2.24) is 4.90 Å². The number of hydrogen-bond acceptors (Lipinski definition) is 3. The van der Waals surface area contributed by atoms with E-state index in [2.05, 4.69) is 16.7 Å². The molecule has 0 unspecified atom stereocenters. The van der Waals surface area contributed by atoms with Gasteiger partial charge in [-0.15, -0.1) is 11.3 Å². The van der Waals surface area contributed by atoms with Crippen LogP contribution in [0, 0.1) is 17.7 Å². The second kappa shape index (κ2) is 7.20. The van der Waals surface area contributed by atoms with Crippen molar-refractivity contribution >= 4 is 11.3 Å². The molecule has 2 aromatic rings. The highest BCUT2D eigenvalue weighted by Gasteiger charge is 2.07. The molecule has 0 saturated carbocycles. The molecule has 0 aliphatic rings. The van der Waals surface area contributed by atoms with Crippen molar-refractivity contribution < 1.29 is 9.50 Å². The van der Waals surface area contributed by atoms with E-state index in [0.29, 0.717) is 12.1 Å². The SMILES string of the molecule is CN(Cc1cc(C#CCO)cs1)Cc1ccccc1F. The predicted octanol–water partition coefficient (Wildman–Crippen LogP) is 2.86. The summed E-state index contributed by atoms with van der Waals surface area (Å²) in [5.41, 5.74) is 1.62. The molecule has 0 saturated heterocycles. The number of hydrogen-bond donors (Lipinski definition) is 1. The molecule has 0 bridgehead atoms. The molecule has 104 valence electrons. The Morgan fingerprint density at radius 2 is 2.10 bits per heavy atom. The second-order valence-electron chi connectivity index (χ2n) is 4.53. The number of nitrogens with zero attached hydrogens (tertiary/aromatic N) is 1. The maximum atomic E-state index is 13.6. The summed E-state index contributed by atoms with van der Waals surface area (Å²) < 4.78 is 13.6. The van der Waals surface area contributed by atoms with Crippen LogP contribution in [-0.4, -0.2) is 23.7 Å². The number of aliphatic hydroxyl groups is 1. The van der Waals surface area contributed by atoms with Crippen molar-refractivity contribution in [3.05, 3.63) is 57.5 Å².